The summed E-state index contributed by atoms with van der Waals surface area (Å²) in [6, 6.07) is 9.22. The van der Waals surface area contributed by atoms with Crippen LogP contribution < -0.4 is 0 Å². The van der Waals surface area contributed by atoms with Crippen molar-refractivity contribution in [2.75, 3.05) is 6.61 Å². The predicted octanol–water partition coefficient (Wildman–Crippen LogP) is 4.46. The van der Waals surface area contributed by atoms with Gasteiger partial charge in [-0.15, -0.1) is 6.58 Å². The van der Waals surface area contributed by atoms with E-state index in [0.717, 1.165) is 12.8 Å². The molecule has 0 unspecified atom stereocenters. The SMILES string of the molecule is C=C[C@@H]1CCCC[C@H]1OC[C@@H](F)c1ccccc1. The molecule has 0 aromatic heterocycles. The normalized spacial score (nSPS) is 25.6. The molecule has 1 fully saturated rings. The van der Waals surface area contributed by atoms with E-state index in [2.05, 4.69) is 6.58 Å². The van der Waals surface area contributed by atoms with Crippen molar-refractivity contribution in [1.82, 2.24) is 0 Å². The van der Waals surface area contributed by atoms with E-state index in [1.165, 1.54) is 12.8 Å². The Morgan fingerprint density at radius 3 is 2.72 bits per heavy atom. The van der Waals surface area contributed by atoms with Crippen molar-refractivity contribution < 1.29 is 9.13 Å². The van der Waals surface area contributed by atoms with Crippen LogP contribution >= 0.6 is 0 Å². The molecule has 3 atom stereocenters. The zero-order valence-corrected chi connectivity index (χ0v) is 10.7. The molecule has 0 amide bonds. The Labute approximate surface area is 109 Å². The van der Waals surface area contributed by atoms with E-state index in [-0.39, 0.29) is 12.7 Å². The van der Waals surface area contributed by atoms with Crippen molar-refractivity contribution in [3.8, 4) is 0 Å². The Balaban J connectivity index is 1.85. The molecule has 1 nitrogen and oxygen atoms in total. The van der Waals surface area contributed by atoms with Gasteiger partial charge in [-0.05, 0) is 18.4 Å². The van der Waals surface area contributed by atoms with Crippen molar-refractivity contribution in [2.24, 2.45) is 5.92 Å². The van der Waals surface area contributed by atoms with Crippen LogP contribution in [0.15, 0.2) is 43.0 Å². The Morgan fingerprint density at radius 1 is 1.28 bits per heavy atom. The monoisotopic (exact) mass is 248 g/mol. The fourth-order valence-corrected chi connectivity index (χ4v) is 2.57. The van der Waals surface area contributed by atoms with E-state index in [9.17, 15) is 4.39 Å². The smallest absolute Gasteiger partial charge is 0.148 e. The van der Waals surface area contributed by atoms with Crippen LogP contribution in [0.5, 0.6) is 0 Å². The van der Waals surface area contributed by atoms with E-state index in [4.69, 9.17) is 4.74 Å². The predicted molar refractivity (Wildman–Crippen MR) is 72.2 cm³/mol. The third-order valence-electron chi connectivity index (χ3n) is 3.67. The number of halogens is 1. The number of rotatable bonds is 5. The van der Waals surface area contributed by atoms with Crippen molar-refractivity contribution >= 4 is 0 Å². The van der Waals surface area contributed by atoms with E-state index in [0.29, 0.717) is 11.5 Å². The highest BCUT2D eigenvalue weighted by atomic mass is 19.1. The van der Waals surface area contributed by atoms with Gasteiger partial charge in [-0.3, -0.25) is 0 Å². The number of ether oxygens (including phenoxy) is 1. The van der Waals surface area contributed by atoms with Crippen LogP contribution in [-0.2, 0) is 4.74 Å². The van der Waals surface area contributed by atoms with Crippen molar-refractivity contribution in [3.05, 3.63) is 48.6 Å². The van der Waals surface area contributed by atoms with Gasteiger partial charge in [0, 0.05) is 5.92 Å². The Hall–Kier alpha value is -1.15. The maximum Gasteiger partial charge on any atom is 0.148 e. The van der Waals surface area contributed by atoms with Gasteiger partial charge in [0.15, 0.2) is 0 Å². The van der Waals surface area contributed by atoms with Crippen LogP contribution in [0.4, 0.5) is 4.39 Å². The maximum atomic E-state index is 14.0. The number of hydrogen-bond donors (Lipinski definition) is 0. The first-order valence-electron chi connectivity index (χ1n) is 6.74. The number of alkyl halides is 1. The topological polar surface area (TPSA) is 9.23 Å². The first kappa shape index (κ1) is 13.3. The van der Waals surface area contributed by atoms with Crippen molar-refractivity contribution in [2.45, 2.75) is 38.0 Å². The number of benzene rings is 1. The summed E-state index contributed by atoms with van der Waals surface area (Å²) in [5.74, 6) is 0.390. The molecule has 2 heteroatoms. The van der Waals surface area contributed by atoms with E-state index < -0.39 is 6.17 Å². The minimum atomic E-state index is -1.03. The lowest BCUT2D eigenvalue weighted by Crippen LogP contribution is -2.27. The molecule has 0 N–H and O–H groups in total. The summed E-state index contributed by atoms with van der Waals surface area (Å²) in [6.07, 6.45) is 5.64. The van der Waals surface area contributed by atoms with Crippen LogP contribution in [0.25, 0.3) is 0 Å². The summed E-state index contributed by atoms with van der Waals surface area (Å²) >= 11 is 0. The molecule has 0 aliphatic heterocycles. The van der Waals surface area contributed by atoms with Gasteiger partial charge in [-0.1, -0.05) is 49.2 Å². The molecule has 1 saturated carbocycles. The van der Waals surface area contributed by atoms with Crippen LogP contribution in [0.1, 0.15) is 37.4 Å². The van der Waals surface area contributed by atoms with Gasteiger partial charge in [0.2, 0.25) is 0 Å². The largest absolute Gasteiger partial charge is 0.374 e. The summed E-state index contributed by atoms with van der Waals surface area (Å²) < 4.78 is 19.7. The van der Waals surface area contributed by atoms with Gasteiger partial charge >= 0.3 is 0 Å². The molecule has 0 radical (unpaired) electrons. The third kappa shape index (κ3) is 3.42. The molecule has 18 heavy (non-hydrogen) atoms. The van der Waals surface area contributed by atoms with Gasteiger partial charge in [0.05, 0.1) is 12.7 Å². The fourth-order valence-electron chi connectivity index (χ4n) is 2.57. The second-order valence-corrected chi connectivity index (χ2v) is 4.93. The van der Waals surface area contributed by atoms with E-state index in [1.54, 1.807) is 12.1 Å². The second kappa shape index (κ2) is 6.69. The minimum absolute atomic E-state index is 0.151. The average Bonchev–Trinajstić information content (AvgIpc) is 2.46. The molecule has 1 aromatic carbocycles. The molecule has 0 bridgehead atoms. The van der Waals surface area contributed by atoms with Crippen LogP contribution in [0, 0.1) is 5.92 Å². The third-order valence-corrected chi connectivity index (χ3v) is 3.67. The summed E-state index contributed by atoms with van der Waals surface area (Å²) in [4.78, 5) is 0. The molecule has 1 aliphatic rings. The standard InChI is InChI=1S/C16H21FO/c1-2-13-8-6-7-11-16(13)18-12-15(17)14-9-4-3-5-10-14/h2-5,9-10,13,15-16H,1,6-8,11-12H2/t13-,15-,16-/m1/s1. The molecular formula is C16H21FO. The number of hydrogen-bond acceptors (Lipinski definition) is 1. The molecule has 0 saturated heterocycles. The van der Waals surface area contributed by atoms with Gasteiger partial charge < -0.3 is 4.74 Å². The van der Waals surface area contributed by atoms with Gasteiger partial charge in [-0.25, -0.2) is 4.39 Å². The summed E-state index contributed by atoms with van der Waals surface area (Å²) in [5.41, 5.74) is 0.698. The fraction of sp³-hybridized carbons (Fsp3) is 0.500. The second-order valence-electron chi connectivity index (χ2n) is 4.93. The van der Waals surface area contributed by atoms with E-state index in [1.807, 2.05) is 24.3 Å². The molecule has 0 spiro atoms. The van der Waals surface area contributed by atoms with Crippen molar-refractivity contribution in [3.63, 3.8) is 0 Å². The van der Waals surface area contributed by atoms with E-state index >= 15 is 0 Å². The Bertz CT molecular complexity index is 363. The molecule has 98 valence electrons. The molecular weight excluding hydrogens is 227 g/mol. The molecule has 1 aromatic rings. The molecule has 2 rings (SSSR count). The Morgan fingerprint density at radius 2 is 2.00 bits per heavy atom. The lowest BCUT2D eigenvalue weighted by atomic mass is 9.86. The van der Waals surface area contributed by atoms with Crippen LogP contribution in [0.3, 0.4) is 0 Å². The summed E-state index contributed by atoms with van der Waals surface area (Å²) in [7, 11) is 0. The first-order chi connectivity index (χ1) is 8.81. The lowest BCUT2D eigenvalue weighted by Gasteiger charge is -2.29. The highest BCUT2D eigenvalue weighted by Gasteiger charge is 2.24. The average molecular weight is 248 g/mol. The van der Waals surface area contributed by atoms with Gasteiger partial charge in [0.25, 0.3) is 0 Å². The zero-order chi connectivity index (χ0) is 12.8. The molecule has 1 aliphatic carbocycles. The quantitative estimate of drug-likeness (QED) is 0.699. The highest BCUT2D eigenvalue weighted by Crippen LogP contribution is 2.29. The van der Waals surface area contributed by atoms with Gasteiger partial charge in [0.1, 0.15) is 6.17 Å². The Kier molecular flexibility index (Phi) is 4.94. The first-order valence-corrected chi connectivity index (χ1v) is 6.74. The van der Waals surface area contributed by atoms with Crippen LogP contribution in [-0.4, -0.2) is 12.7 Å². The van der Waals surface area contributed by atoms with Crippen molar-refractivity contribution in [1.29, 1.82) is 0 Å². The maximum absolute atomic E-state index is 14.0. The molecule has 0 heterocycles. The summed E-state index contributed by atoms with van der Waals surface area (Å²) in [5, 5.41) is 0. The zero-order valence-electron chi connectivity index (χ0n) is 10.7. The summed E-state index contributed by atoms with van der Waals surface area (Å²) in [6.45, 7) is 4.00. The van der Waals surface area contributed by atoms with Crippen LogP contribution in [0.2, 0.25) is 0 Å². The highest BCUT2D eigenvalue weighted by molar-refractivity contribution is 5.17. The van der Waals surface area contributed by atoms with Gasteiger partial charge in [-0.2, -0.15) is 0 Å². The lowest BCUT2D eigenvalue weighted by molar-refractivity contribution is -0.0211. The minimum Gasteiger partial charge on any atom is -0.374 e.